The van der Waals surface area contributed by atoms with E-state index in [1.165, 1.54) is 0 Å². The molecule has 3 atom stereocenters. The summed E-state index contributed by atoms with van der Waals surface area (Å²) in [6.45, 7) is -0.155. The summed E-state index contributed by atoms with van der Waals surface area (Å²) in [5.74, 6) is -0.237. The second-order valence-electron chi connectivity index (χ2n) is 8.63. The van der Waals surface area contributed by atoms with Gasteiger partial charge in [-0.15, -0.1) is 0 Å². The number of hydrogen-bond donors (Lipinski definition) is 1. The molecule has 0 aromatic heterocycles. The lowest BCUT2D eigenvalue weighted by Crippen LogP contribution is -2.66. The third-order valence-corrected chi connectivity index (χ3v) is 6.58. The number of carbonyl (C=O) groups is 2. The molecule has 1 heterocycles. The second-order valence-corrected chi connectivity index (χ2v) is 8.63. The molecular formula is C25H27N3O3. The molecule has 1 aliphatic carbocycles. The first-order valence-electron chi connectivity index (χ1n) is 10.7. The van der Waals surface area contributed by atoms with Gasteiger partial charge >= 0.3 is 0 Å². The first kappa shape index (κ1) is 21.1. The van der Waals surface area contributed by atoms with Crippen LogP contribution < -0.4 is 0 Å². The smallest absolute Gasteiger partial charge is 0.253 e. The van der Waals surface area contributed by atoms with Gasteiger partial charge in [-0.3, -0.25) is 9.59 Å². The number of aliphatic hydroxyl groups is 1. The molecule has 2 fully saturated rings. The highest BCUT2D eigenvalue weighted by atomic mass is 16.3. The number of benzene rings is 2. The van der Waals surface area contributed by atoms with Crippen molar-refractivity contribution in [3.05, 3.63) is 59.7 Å². The van der Waals surface area contributed by atoms with Gasteiger partial charge < -0.3 is 14.9 Å². The predicted octanol–water partition coefficient (Wildman–Crippen LogP) is 3.03. The third-order valence-electron chi connectivity index (χ3n) is 6.58. The van der Waals surface area contributed by atoms with Crippen LogP contribution in [0.1, 0.15) is 41.1 Å². The van der Waals surface area contributed by atoms with Gasteiger partial charge in [0.25, 0.3) is 5.91 Å². The summed E-state index contributed by atoms with van der Waals surface area (Å²) < 4.78 is 0. The zero-order chi connectivity index (χ0) is 22.1. The molecule has 1 saturated carbocycles. The van der Waals surface area contributed by atoms with E-state index in [4.69, 9.17) is 0 Å². The number of nitrogens with zero attached hydrogens (tertiary/aromatic N) is 3. The minimum absolute atomic E-state index is 0.00498. The maximum absolute atomic E-state index is 12.7. The molecule has 1 N–H and O–H groups in total. The van der Waals surface area contributed by atoms with E-state index >= 15 is 0 Å². The Morgan fingerprint density at radius 3 is 2.39 bits per heavy atom. The van der Waals surface area contributed by atoms with E-state index in [0.717, 1.165) is 36.0 Å². The van der Waals surface area contributed by atoms with E-state index in [0.29, 0.717) is 5.56 Å². The lowest BCUT2D eigenvalue weighted by molar-refractivity contribution is -0.154. The Labute approximate surface area is 182 Å². The van der Waals surface area contributed by atoms with Crippen molar-refractivity contribution in [1.82, 2.24) is 9.80 Å². The van der Waals surface area contributed by atoms with Crippen LogP contribution in [-0.4, -0.2) is 59.5 Å². The molecule has 0 unspecified atom stereocenters. The van der Waals surface area contributed by atoms with Crippen molar-refractivity contribution in [2.24, 2.45) is 5.92 Å². The summed E-state index contributed by atoms with van der Waals surface area (Å²) >= 11 is 0. The highest BCUT2D eigenvalue weighted by Gasteiger charge is 2.53. The zero-order valence-corrected chi connectivity index (χ0v) is 17.9. The van der Waals surface area contributed by atoms with Gasteiger partial charge in [0, 0.05) is 31.5 Å². The van der Waals surface area contributed by atoms with E-state index in [9.17, 15) is 20.0 Å². The lowest BCUT2D eigenvalue weighted by atomic mass is 9.73. The first-order valence-corrected chi connectivity index (χ1v) is 10.7. The highest BCUT2D eigenvalue weighted by Crippen LogP contribution is 2.43. The molecule has 0 bridgehead atoms. The molecule has 2 aromatic rings. The van der Waals surface area contributed by atoms with Crippen LogP contribution in [0.4, 0.5) is 0 Å². The van der Waals surface area contributed by atoms with Crippen molar-refractivity contribution in [3.8, 4) is 17.2 Å². The van der Waals surface area contributed by atoms with E-state index in [1.54, 1.807) is 30.0 Å². The maximum atomic E-state index is 12.7. The van der Waals surface area contributed by atoms with Crippen LogP contribution >= 0.6 is 0 Å². The van der Waals surface area contributed by atoms with Crippen LogP contribution in [0.2, 0.25) is 0 Å². The van der Waals surface area contributed by atoms with Gasteiger partial charge in [0.1, 0.15) is 6.04 Å². The van der Waals surface area contributed by atoms with Gasteiger partial charge in [0.2, 0.25) is 5.91 Å². The zero-order valence-electron chi connectivity index (χ0n) is 17.9. The quantitative estimate of drug-likeness (QED) is 0.810. The van der Waals surface area contributed by atoms with Gasteiger partial charge in [-0.2, -0.15) is 5.26 Å². The molecule has 31 heavy (non-hydrogen) atoms. The number of rotatable bonds is 5. The Kier molecular flexibility index (Phi) is 5.79. The molecule has 4 rings (SSSR count). The van der Waals surface area contributed by atoms with Crippen molar-refractivity contribution in [3.63, 3.8) is 0 Å². The van der Waals surface area contributed by atoms with Gasteiger partial charge in [-0.1, -0.05) is 42.8 Å². The number of carbonyl (C=O) groups excluding carboxylic acids is 2. The molecule has 1 saturated heterocycles. The first-order chi connectivity index (χ1) is 15.0. The fourth-order valence-electron chi connectivity index (χ4n) is 4.56. The van der Waals surface area contributed by atoms with Crippen molar-refractivity contribution in [1.29, 1.82) is 5.26 Å². The number of hydrogen-bond acceptors (Lipinski definition) is 4. The van der Waals surface area contributed by atoms with E-state index < -0.39 is 6.04 Å². The summed E-state index contributed by atoms with van der Waals surface area (Å²) in [5, 5.41) is 19.7. The number of aliphatic hydroxyl groups excluding tert-OH is 1. The summed E-state index contributed by atoms with van der Waals surface area (Å²) in [7, 11) is 3.45. The van der Waals surface area contributed by atoms with Gasteiger partial charge in [-0.25, -0.2) is 0 Å². The van der Waals surface area contributed by atoms with Crippen molar-refractivity contribution >= 4 is 11.8 Å². The van der Waals surface area contributed by atoms with Crippen molar-refractivity contribution in [2.45, 2.75) is 37.3 Å². The average Bonchev–Trinajstić information content (AvgIpc) is 2.72. The Bertz CT molecular complexity index is 1020. The van der Waals surface area contributed by atoms with Crippen LogP contribution in [0.3, 0.4) is 0 Å². The van der Waals surface area contributed by atoms with Crippen LogP contribution in [0, 0.1) is 17.2 Å². The van der Waals surface area contributed by atoms with Crippen LogP contribution in [0.5, 0.6) is 0 Å². The average molecular weight is 418 g/mol. The fraction of sp³-hybridized carbons (Fsp3) is 0.400. The van der Waals surface area contributed by atoms with Gasteiger partial charge in [0.05, 0.1) is 18.7 Å². The molecule has 6 nitrogen and oxygen atoms in total. The summed E-state index contributed by atoms with van der Waals surface area (Å²) in [5.41, 5.74) is 3.46. The molecule has 0 radical (unpaired) electrons. The van der Waals surface area contributed by atoms with Crippen molar-refractivity contribution < 1.29 is 14.7 Å². The summed E-state index contributed by atoms with van der Waals surface area (Å²) in [6, 6.07) is 16.7. The topological polar surface area (TPSA) is 84.6 Å². The van der Waals surface area contributed by atoms with Gasteiger partial charge in [-0.05, 0) is 41.7 Å². The lowest BCUT2D eigenvalue weighted by Gasteiger charge is -2.53. The Morgan fingerprint density at radius 2 is 1.84 bits per heavy atom. The largest absolute Gasteiger partial charge is 0.394 e. The summed E-state index contributed by atoms with van der Waals surface area (Å²) in [4.78, 5) is 28.1. The Balaban J connectivity index is 1.55. The minimum atomic E-state index is -0.544. The van der Waals surface area contributed by atoms with E-state index in [2.05, 4.69) is 6.07 Å². The SMILES string of the molecule is CN(C)C(=O)c1cccc(-c2ccc([C@H]3[C@H](C#N)N(C(=O)C4CCC4)[C@H]3CO)cc2)c1. The molecular weight excluding hydrogens is 390 g/mol. The minimum Gasteiger partial charge on any atom is -0.394 e. The molecule has 160 valence electrons. The van der Waals surface area contributed by atoms with Crippen LogP contribution in [0.25, 0.3) is 11.1 Å². The highest BCUT2D eigenvalue weighted by molar-refractivity contribution is 5.95. The molecule has 1 aliphatic heterocycles. The number of nitriles is 1. The monoisotopic (exact) mass is 417 g/mol. The fourth-order valence-corrected chi connectivity index (χ4v) is 4.56. The third kappa shape index (κ3) is 3.70. The van der Waals surface area contributed by atoms with Crippen LogP contribution in [-0.2, 0) is 4.79 Å². The number of likely N-dealkylation sites (tertiary alicyclic amines) is 1. The van der Waals surface area contributed by atoms with Crippen molar-refractivity contribution in [2.75, 3.05) is 20.7 Å². The predicted molar refractivity (Wildman–Crippen MR) is 117 cm³/mol. The maximum Gasteiger partial charge on any atom is 0.253 e. The molecule has 6 heteroatoms. The molecule has 0 spiro atoms. The Hall–Kier alpha value is -3.17. The second kappa shape index (κ2) is 8.52. The molecule has 2 aliphatic rings. The van der Waals surface area contributed by atoms with Gasteiger partial charge in [0.15, 0.2) is 0 Å². The molecule has 2 aromatic carbocycles. The van der Waals surface area contributed by atoms with E-state index in [-0.39, 0.29) is 36.3 Å². The molecule has 2 amide bonds. The summed E-state index contributed by atoms with van der Waals surface area (Å²) in [6.07, 6.45) is 2.80. The van der Waals surface area contributed by atoms with Crippen LogP contribution in [0.15, 0.2) is 48.5 Å². The standard InChI is InChI=1S/C25H27N3O3/c1-27(2)24(30)20-8-4-7-19(13-20)16-9-11-17(12-10-16)23-21(14-26)28(22(23)15-29)25(31)18-5-3-6-18/h4,7-13,18,21-23,29H,3,5-6,15H2,1-2H3/t21-,22-,23-/m0/s1. The number of amides is 2. The van der Waals surface area contributed by atoms with E-state index in [1.807, 2.05) is 42.5 Å². The Morgan fingerprint density at radius 1 is 1.13 bits per heavy atom. The normalized spacial score (nSPS) is 22.8.